The van der Waals surface area contributed by atoms with Crippen molar-refractivity contribution in [3.8, 4) is 0 Å². The lowest BCUT2D eigenvalue weighted by Crippen LogP contribution is -2.30. The largest absolute Gasteiger partial charge is 0.462 e. The maximum atomic E-state index is 12.5. The molecule has 0 spiro atoms. The van der Waals surface area contributed by atoms with Crippen molar-refractivity contribution in [2.24, 2.45) is 0 Å². The van der Waals surface area contributed by atoms with Crippen LogP contribution in [0.1, 0.15) is 226 Å². The van der Waals surface area contributed by atoms with Crippen molar-refractivity contribution in [2.75, 3.05) is 19.8 Å². The van der Waals surface area contributed by atoms with Crippen LogP contribution < -0.4 is 0 Å². The molecule has 0 aliphatic rings. The van der Waals surface area contributed by atoms with Crippen molar-refractivity contribution in [1.82, 2.24) is 0 Å². The van der Waals surface area contributed by atoms with Crippen molar-refractivity contribution in [3.05, 3.63) is 0 Å². The molecule has 0 heterocycles. The molecule has 274 valence electrons. The van der Waals surface area contributed by atoms with Crippen molar-refractivity contribution in [2.45, 2.75) is 232 Å². The second-order valence-electron chi connectivity index (χ2n) is 13.9. The van der Waals surface area contributed by atoms with Gasteiger partial charge in [0.2, 0.25) is 0 Å². The molecule has 0 aromatic rings. The molecule has 1 unspecified atom stereocenters. The minimum absolute atomic E-state index is 0.0943. The average Bonchev–Trinajstić information content (AvgIpc) is 3.05. The predicted molar refractivity (Wildman–Crippen MR) is 196 cm³/mol. The first-order valence-corrected chi connectivity index (χ1v) is 20.6. The van der Waals surface area contributed by atoms with Gasteiger partial charge in [-0.2, -0.15) is 0 Å². The van der Waals surface area contributed by atoms with Gasteiger partial charge in [-0.05, 0) is 19.3 Å². The van der Waals surface area contributed by atoms with Gasteiger partial charge in [0, 0.05) is 19.4 Å². The number of carbonyl (C=O) groups is 2. The molecule has 0 N–H and O–H groups in total. The van der Waals surface area contributed by atoms with Gasteiger partial charge in [0.25, 0.3) is 0 Å². The summed E-state index contributed by atoms with van der Waals surface area (Å²) < 4.78 is 17.1. The zero-order valence-corrected chi connectivity index (χ0v) is 31.4. The number of rotatable bonds is 38. The first kappa shape index (κ1) is 44.9. The number of ether oxygens (including phenoxy) is 3. The summed E-state index contributed by atoms with van der Waals surface area (Å²) in [7, 11) is 0. The summed E-state index contributed by atoms with van der Waals surface area (Å²) in [6.07, 6.45) is 38.3. The summed E-state index contributed by atoms with van der Waals surface area (Å²) in [6.45, 7) is 7.79. The lowest BCUT2D eigenvalue weighted by Gasteiger charge is -2.18. The number of unbranched alkanes of at least 4 members (excludes halogenated alkanes) is 27. The predicted octanol–water partition coefficient (Wildman–Crippen LogP) is 13.0. The average molecular weight is 653 g/mol. The van der Waals surface area contributed by atoms with Crippen LogP contribution in [0.5, 0.6) is 0 Å². The van der Waals surface area contributed by atoms with Gasteiger partial charge in [-0.3, -0.25) is 9.59 Å². The van der Waals surface area contributed by atoms with E-state index in [1.54, 1.807) is 0 Å². The Hall–Kier alpha value is -1.10. The Labute approximate surface area is 287 Å². The molecule has 0 rings (SSSR count). The molecule has 0 bridgehead atoms. The summed E-state index contributed by atoms with van der Waals surface area (Å²) in [4.78, 5) is 24.9. The van der Waals surface area contributed by atoms with Crippen molar-refractivity contribution in [3.63, 3.8) is 0 Å². The molecular weight excluding hydrogens is 572 g/mol. The molecule has 1 atom stereocenters. The van der Waals surface area contributed by atoms with Crippen LogP contribution in [0.2, 0.25) is 0 Å². The second kappa shape index (κ2) is 38.3. The summed E-state index contributed by atoms with van der Waals surface area (Å²) in [5, 5.41) is 0. The molecule has 0 saturated heterocycles. The quantitative estimate of drug-likeness (QED) is 0.0490. The Balaban J connectivity index is 4.04. The van der Waals surface area contributed by atoms with Crippen LogP contribution >= 0.6 is 0 Å². The van der Waals surface area contributed by atoms with E-state index < -0.39 is 6.10 Å². The fourth-order valence-electron chi connectivity index (χ4n) is 6.04. The van der Waals surface area contributed by atoms with E-state index in [1.807, 2.05) is 0 Å². The van der Waals surface area contributed by atoms with Crippen LogP contribution in [0.4, 0.5) is 0 Å². The van der Waals surface area contributed by atoms with Crippen molar-refractivity contribution in [1.29, 1.82) is 0 Å². The Morgan fingerprint density at radius 3 is 1.11 bits per heavy atom. The Kier molecular flexibility index (Phi) is 37.4. The smallest absolute Gasteiger partial charge is 0.306 e. The third-order valence-corrected chi connectivity index (χ3v) is 9.14. The SMILES string of the molecule is CCCCCCCCCCCCCCCCCCOCC(COC(=O)CCCCCCCCC)OC(=O)CCCCCCCCC. The maximum Gasteiger partial charge on any atom is 0.306 e. The van der Waals surface area contributed by atoms with E-state index in [2.05, 4.69) is 20.8 Å². The highest BCUT2D eigenvalue weighted by atomic mass is 16.6. The minimum atomic E-state index is -0.517. The highest BCUT2D eigenvalue weighted by molar-refractivity contribution is 5.70. The molecule has 0 saturated carbocycles. The van der Waals surface area contributed by atoms with Gasteiger partial charge in [-0.1, -0.05) is 194 Å². The van der Waals surface area contributed by atoms with Crippen LogP contribution in [-0.4, -0.2) is 37.9 Å². The first-order valence-electron chi connectivity index (χ1n) is 20.6. The van der Waals surface area contributed by atoms with Gasteiger partial charge >= 0.3 is 11.9 Å². The van der Waals surface area contributed by atoms with Crippen LogP contribution in [-0.2, 0) is 23.8 Å². The molecule has 0 fully saturated rings. The van der Waals surface area contributed by atoms with Crippen molar-refractivity contribution >= 4 is 11.9 Å². The van der Waals surface area contributed by atoms with Gasteiger partial charge in [0.05, 0.1) is 6.61 Å². The fraction of sp³-hybridized carbons (Fsp3) is 0.951. The Bertz CT molecular complexity index is 622. The normalized spacial score (nSPS) is 12.0. The highest BCUT2D eigenvalue weighted by Crippen LogP contribution is 2.15. The van der Waals surface area contributed by atoms with E-state index in [4.69, 9.17) is 14.2 Å². The van der Waals surface area contributed by atoms with Crippen LogP contribution in [0.15, 0.2) is 0 Å². The number of esters is 2. The zero-order valence-electron chi connectivity index (χ0n) is 31.4. The van der Waals surface area contributed by atoms with Crippen LogP contribution in [0.3, 0.4) is 0 Å². The lowest BCUT2D eigenvalue weighted by molar-refractivity contribution is -0.163. The van der Waals surface area contributed by atoms with E-state index in [-0.39, 0.29) is 18.5 Å². The van der Waals surface area contributed by atoms with E-state index in [9.17, 15) is 9.59 Å². The monoisotopic (exact) mass is 653 g/mol. The van der Waals surface area contributed by atoms with E-state index >= 15 is 0 Å². The molecule has 46 heavy (non-hydrogen) atoms. The van der Waals surface area contributed by atoms with Gasteiger partial charge in [0.15, 0.2) is 6.10 Å². The summed E-state index contributed by atoms with van der Waals surface area (Å²) in [6, 6.07) is 0. The molecule has 0 amide bonds. The molecule has 0 aliphatic carbocycles. The number of carbonyl (C=O) groups excluding carboxylic acids is 2. The third kappa shape index (κ3) is 35.7. The summed E-state index contributed by atoms with van der Waals surface area (Å²) in [5.74, 6) is -0.396. The molecule has 5 nitrogen and oxygen atoms in total. The fourth-order valence-corrected chi connectivity index (χ4v) is 6.04. The van der Waals surface area contributed by atoms with Gasteiger partial charge in [0.1, 0.15) is 6.61 Å². The first-order chi connectivity index (χ1) is 22.6. The topological polar surface area (TPSA) is 61.8 Å². The van der Waals surface area contributed by atoms with Gasteiger partial charge in [-0.15, -0.1) is 0 Å². The second-order valence-corrected chi connectivity index (χ2v) is 13.9. The molecular formula is C41H80O5. The number of hydrogen-bond donors (Lipinski definition) is 0. The van der Waals surface area contributed by atoms with Gasteiger partial charge in [-0.25, -0.2) is 0 Å². The number of hydrogen-bond acceptors (Lipinski definition) is 5. The summed E-state index contributed by atoms with van der Waals surface area (Å²) >= 11 is 0. The molecule has 0 aromatic carbocycles. The standard InChI is InChI=1S/C41H80O5/c1-4-7-10-13-16-17-18-19-20-21-22-23-24-27-30-33-36-44-37-39(46-41(43)35-32-29-26-15-12-9-6-3)38-45-40(42)34-31-28-25-14-11-8-5-2/h39H,4-38H2,1-3H3. The van der Waals surface area contributed by atoms with Gasteiger partial charge < -0.3 is 14.2 Å². The van der Waals surface area contributed by atoms with E-state index in [1.165, 1.54) is 161 Å². The van der Waals surface area contributed by atoms with E-state index in [0.717, 1.165) is 32.1 Å². The molecule has 0 aliphatic heterocycles. The van der Waals surface area contributed by atoms with E-state index in [0.29, 0.717) is 26.1 Å². The molecule has 0 aromatic heterocycles. The maximum absolute atomic E-state index is 12.5. The Morgan fingerprint density at radius 2 is 0.717 bits per heavy atom. The van der Waals surface area contributed by atoms with Crippen LogP contribution in [0, 0.1) is 0 Å². The minimum Gasteiger partial charge on any atom is -0.462 e. The Morgan fingerprint density at radius 1 is 0.391 bits per heavy atom. The molecule has 0 radical (unpaired) electrons. The highest BCUT2D eigenvalue weighted by Gasteiger charge is 2.17. The third-order valence-electron chi connectivity index (χ3n) is 9.14. The molecule has 5 heteroatoms. The summed E-state index contributed by atoms with van der Waals surface area (Å²) in [5.41, 5.74) is 0. The lowest BCUT2D eigenvalue weighted by atomic mass is 10.0. The van der Waals surface area contributed by atoms with Crippen molar-refractivity contribution < 1.29 is 23.8 Å². The van der Waals surface area contributed by atoms with Crippen LogP contribution in [0.25, 0.3) is 0 Å². The zero-order chi connectivity index (χ0) is 33.6.